The second kappa shape index (κ2) is 8.23. The Morgan fingerprint density at radius 3 is 2.62 bits per heavy atom. The van der Waals surface area contributed by atoms with Crippen LogP contribution in [-0.4, -0.2) is 36.6 Å². The Hall–Kier alpha value is -3.53. The van der Waals surface area contributed by atoms with Crippen LogP contribution in [0, 0.1) is 5.82 Å². The van der Waals surface area contributed by atoms with Gasteiger partial charge < -0.3 is 8.98 Å². The lowest BCUT2D eigenvalue weighted by Crippen LogP contribution is -2.14. The van der Waals surface area contributed by atoms with Crippen molar-refractivity contribution in [3.05, 3.63) is 60.4 Å². The first-order valence-electron chi connectivity index (χ1n) is 8.57. The molecule has 0 fully saturated rings. The van der Waals surface area contributed by atoms with Gasteiger partial charge in [0.25, 0.3) is 0 Å². The van der Waals surface area contributed by atoms with Gasteiger partial charge in [-0.2, -0.15) is 0 Å². The van der Waals surface area contributed by atoms with Gasteiger partial charge in [-0.1, -0.05) is 47.2 Å². The minimum atomic E-state index is -0.386. The van der Waals surface area contributed by atoms with Gasteiger partial charge in [0, 0.05) is 12.6 Å². The SMILES string of the molecule is Cn1c(SCC(=O)Nc2nnc(-c3ccccc3)o2)nnc1-c1ccccc1F. The molecule has 0 aliphatic rings. The topological polar surface area (TPSA) is 98.7 Å². The predicted octanol–water partition coefficient (Wildman–Crippen LogP) is 3.40. The monoisotopic (exact) mass is 410 g/mol. The molecular weight excluding hydrogens is 395 g/mol. The summed E-state index contributed by atoms with van der Waals surface area (Å²) in [7, 11) is 1.71. The maximum atomic E-state index is 14.0. The van der Waals surface area contributed by atoms with Crippen LogP contribution in [0.15, 0.2) is 64.2 Å². The lowest BCUT2D eigenvalue weighted by atomic mass is 10.2. The van der Waals surface area contributed by atoms with E-state index < -0.39 is 0 Å². The number of nitrogens with zero attached hydrogens (tertiary/aromatic N) is 5. The van der Waals surface area contributed by atoms with Crippen molar-refractivity contribution >= 4 is 23.7 Å². The zero-order chi connectivity index (χ0) is 20.2. The van der Waals surface area contributed by atoms with E-state index in [0.29, 0.717) is 22.4 Å². The van der Waals surface area contributed by atoms with E-state index in [1.165, 1.54) is 6.07 Å². The minimum Gasteiger partial charge on any atom is -0.403 e. The van der Waals surface area contributed by atoms with E-state index in [1.54, 1.807) is 29.8 Å². The van der Waals surface area contributed by atoms with Crippen LogP contribution in [0.4, 0.5) is 10.4 Å². The smallest absolute Gasteiger partial charge is 0.322 e. The first-order valence-corrected chi connectivity index (χ1v) is 9.56. The number of carbonyl (C=O) groups is 1. The second-order valence-corrected chi connectivity index (χ2v) is 6.90. The number of benzene rings is 2. The molecule has 0 bridgehead atoms. The van der Waals surface area contributed by atoms with Crippen molar-refractivity contribution in [2.45, 2.75) is 5.16 Å². The summed E-state index contributed by atoms with van der Waals surface area (Å²) in [6.45, 7) is 0. The fourth-order valence-electron chi connectivity index (χ4n) is 2.57. The molecule has 1 N–H and O–H groups in total. The summed E-state index contributed by atoms with van der Waals surface area (Å²) in [4.78, 5) is 12.2. The molecule has 10 heteroatoms. The van der Waals surface area contributed by atoms with Gasteiger partial charge in [0.15, 0.2) is 11.0 Å². The van der Waals surface area contributed by atoms with Gasteiger partial charge in [-0.05, 0) is 24.3 Å². The fraction of sp³-hybridized carbons (Fsp3) is 0.105. The van der Waals surface area contributed by atoms with Crippen molar-refractivity contribution in [1.29, 1.82) is 0 Å². The summed E-state index contributed by atoms with van der Waals surface area (Å²) in [6, 6.07) is 15.6. The van der Waals surface area contributed by atoms with Gasteiger partial charge in [-0.3, -0.25) is 10.1 Å². The van der Waals surface area contributed by atoms with Crippen LogP contribution >= 0.6 is 11.8 Å². The van der Waals surface area contributed by atoms with Crippen LogP contribution in [0.3, 0.4) is 0 Å². The number of carbonyl (C=O) groups excluding carboxylic acids is 1. The summed E-state index contributed by atoms with van der Waals surface area (Å²) in [5.41, 5.74) is 1.10. The summed E-state index contributed by atoms with van der Waals surface area (Å²) in [6.07, 6.45) is 0. The molecule has 0 unspecified atom stereocenters. The Kier molecular flexibility index (Phi) is 5.34. The summed E-state index contributed by atoms with van der Waals surface area (Å²) >= 11 is 1.16. The maximum absolute atomic E-state index is 14.0. The van der Waals surface area contributed by atoms with E-state index in [-0.39, 0.29) is 23.5 Å². The van der Waals surface area contributed by atoms with Gasteiger partial charge in [-0.15, -0.1) is 15.3 Å². The molecule has 2 aromatic heterocycles. The third-order valence-corrected chi connectivity index (χ3v) is 4.99. The van der Waals surface area contributed by atoms with E-state index in [4.69, 9.17) is 4.42 Å². The van der Waals surface area contributed by atoms with Crippen molar-refractivity contribution in [2.24, 2.45) is 7.05 Å². The Bertz CT molecular complexity index is 1140. The highest BCUT2D eigenvalue weighted by molar-refractivity contribution is 7.99. The largest absolute Gasteiger partial charge is 0.403 e. The number of anilines is 1. The minimum absolute atomic E-state index is 0.0134. The van der Waals surface area contributed by atoms with Gasteiger partial charge in [0.05, 0.1) is 11.3 Å². The van der Waals surface area contributed by atoms with Crippen LogP contribution in [-0.2, 0) is 11.8 Å². The molecule has 1 amide bonds. The zero-order valence-corrected chi connectivity index (χ0v) is 16.1. The van der Waals surface area contributed by atoms with Crippen molar-refractivity contribution in [1.82, 2.24) is 25.0 Å². The van der Waals surface area contributed by atoms with Crippen LogP contribution in [0.5, 0.6) is 0 Å². The lowest BCUT2D eigenvalue weighted by Gasteiger charge is -2.04. The Morgan fingerprint density at radius 2 is 1.83 bits per heavy atom. The van der Waals surface area contributed by atoms with Crippen molar-refractivity contribution in [3.63, 3.8) is 0 Å². The van der Waals surface area contributed by atoms with E-state index in [1.807, 2.05) is 30.3 Å². The third-order valence-electron chi connectivity index (χ3n) is 3.97. The van der Waals surface area contributed by atoms with Gasteiger partial charge in [0.2, 0.25) is 11.8 Å². The first-order chi connectivity index (χ1) is 14.1. The summed E-state index contributed by atoms with van der Waals surface area (Å²) in [5, 5.41) is 18.8. The van der Waals surface area contributed by atoms with Crippen molar-refractivity contribution in [2.75, 3.05) is 11.1 Å². The first kappa shape index (κ1) is 18.8. The number of hydrogen-bond donors (Lipinski definition) is 1. The quantitative estimate of drug-likeness (QED) is 0.486. The number of hydrogen-bond acceptors (Lipinski definition) is 7. The maximum Gasteiger partial charge on any atom is 0.322 e. The van der Waals surface area contributed by atoms with Gasteiger partial charge in [0.1, 0.15) is 5.82 Å². The fourth-order valence-corrected chi connectivity index (χ4v) is 3.29. The standard InChI is InChI=1S/C19H15FN6O2S/c1-26-16(13-9-5-6-10-14(13)20)22-25-19(26)29-11-15(27)21-18-24-23-17(28-18)12-7-3-2-4-8-12/h2-10H,11H2,1H3,(H,21,24,27). The molecular formula is C19H15FN6O2S. The van der Waals surface area contributed by atoms with E-state index >= 15 is 0 Å². The molecule has 0 aliphatic carbocycles. The molecule has 0 saturated heterocycles. The summed E-state index contributed by atoms with van der Waals surface area (Å²) < 4.78 is 21.1. The van der Waals surface area contributed by atoms with E-state index in [2.05, 4.69) is 25.7 Å². The molecule has 0 saturated carbocycles. The average molecular weight is 410 g/mol. The molecule has 2 heterocycles. The Labute approximate surface area is 169 Å². The van der Waals surface area contributed by atoms with Crippen LogP contribution < -0.4 is 5.32 Å². The molecule has 0 radical (unpaired) electrons. The molecule has 146 valence electrons. The highest BCUT2D eigenvalue weighted by Crippen LogP contribution is 2.25. The molecule has 29 heavy (non-hydrogen) atoms. The molecule has 0 spiro atoms. The van der Waals surface area contributed by atoms with Gasteiger partial charge in [-0.25, -0.2) is 4.39 Å². The van der Waals surface area contributed by atoms with E-state index in [0.717, 1.165) is 17.3 Å². The van der Waals surface area contributed by atoms with E-state index in [9.17, 15) is 9.18 Å². The molecule has 0 aliphatic heterocycles. The molecule has 2 aromatic carbocycles. The van der Waals surface area contributed by atoms with Crippen molar-refractivity contribution in [3.8, 4) is 22.8 Å². The Balaban J connectivity index is 1.38. The number of nitrogens with one attached hydrogen (secondary N) is 1. The molecule has 0 atom stereocenters. The third kappa shape index (κ3) is 4.16. The summed E-state index contributed by atoms with van der Waals surface area (Å²) in [5.74, 6) is 0.0233. The molecule has 8 nitrogen and oxygen atoms in total. The number of halogens is 1. The van der Waals surface area contributed by atoms with Crippen molar-refractivity contribution < 1.29 is 13.6 Å². The van der Waals surface area contributed by atoms with Gasteiger partial charge >= 0.3 is 6.01 Å². The van der Waals surface area contributed by atoms with Crippen LogP contribution in [0.2, 0.25) is 0 Å². The zero-order valence-electron chi connectivity index (χ0n) is 15.2. The molecule has 4 aromatic rings. The second-order valence-electron chi connectivity index (χ2n) is 5.96. The normalized spacial score (nSPS) is 10.8. The number of thioether (sulfide) groups is 1. The van der Waals surface area contributed by atoms with Crippen LogP contribution in [0.25, 0.3) is 22.8 Å². The predicted molar refractivity (Wildman–Crippen MR) is 105 cm³/mol. The Morgan fingerprint density at radius 1 is 1.07 bits per heavy atom. The number of rotatable bonds is 6. The number of amides is 1. The highest BCUT2D eigenvalue weighted by Gasteiger charge is 2.16. The molecule has 4 rings (SSSR count). The highest BCUT2D eigenvalue weighted by atomic mass is 32.2. The van der Waals surface area contributed by atoms with Crippen LogP contribution in [0.1, 0.15) is 0 Å². The lowest BCUT2D eigenvalue weighted by molar-refractivity contribution is -0.113. The average Bonchev–Trinajstić information content (AvgIpc) is 3.34. The number of aromatic nitrogens is 5.